The lowest BCUT2D eigenvalue weighted by Gasteiger charge is -2.17. The maximum atomic E-state index is 12.3. The second kappa shape index (κ2) is 7.44. The molecule has 7 heteroatoms. The van der Waals surface area contributed by atoms with E-state index in [-0.39, 0.29) is 12.5 Å². The monoisotopic (exact) mass is 317 g/mol. The van der Waals surface area contributed by atoms with E-state index in [1.54, 1.807) is 6.07 Å². The fourth-order valence-corrected chi connectivity index (χ4v) is 2.03. The van der Waals surface area contributed by atoms with E-state index in [2.05, 4.69) is 10.4 Å². The van der Waals surface area contributed by atoms with Gasteiger partial charge in [-0.3, -0.25) is 14.3 Å². The molecule has 2 aromatic rings. The summed E-state index contributed by atoms with van der Waals surface area (Å²) in [5.41, 5.74) is 0.949. The minimum Gasteiger partial charge on any atom is -0.480 e. The molecule has 1 aromatic carbocycles. The third-order valence-electron chi connectivity index (χ3n) is 3.22. The maximum Gasteiger partial charge on any atom is 0.325 e. The van der Waals surface area contributed by atoms with Crippen molar-refractivity contribution < 1.29 is 19.4 Å². The van der Waals surface area contributed by atoms with Crippen LogP contribution in [0.2, 0.25) is 0 Å². The van der Waals surface area contributed by atoms with Crippen LogP contribution in [0.5, 0.6) is 5.75 Å². The molecule has 0 spiro atoms. The third-order valence-corrected chi connectivity index (χ3v) is 3.22. The molecule has 7 nitrogen and oxygen atoms in total. The van der Waals surface area contributed by atoms with Crippen molar-refractivity contribution in [1.29, 1.82) is 0 Å². The number of ether oxygens (including phenoxy) is 1. The standard InChI is InChI=1S/C16H19N3O4/c1-3-12(23-13-7-5-4-6-11(13)2)16(22)17-14-8-9-19(18-14)10-15(20)21/h4-9,12H,3,10H2,1-2H3,(H,20,21)(H,17,18,22). The number of carboxylic acids is 1. The van der Waals surface area contributed by atoms with E-state index in [1.165, 1.54) is 10.9 Å². The van der Waals surface area contributed by atoms with E-state index >= 15 is 0 Å². The van der Waals surface area contributed by atoms with Gasteiger partial charge in [0.15, 0.2) is 11.9 Å². The van der Waals surface area contributed by atoms with E-state index in [9.17, 15) is 9.59 Å². The molecule has 0 saturated carbocycles. The molecule has 122 valence electrons. The average molecular weight is 317 g/mol. The number of hydrogen-bond donors (Lipinski definition) is 2. The Morgan fingerprint density at radius 1 is 1.35 bits per heavy atom. The van der Waals surface area contributed by atoms with E-state index in [1.807, 2.05) is 38.1 Å². The number of aliphatic carboxylic acids is 1. The normalized spacial score (nSPS) is 11.7. The number of carbonyl (C=O) groups excluding carboxylic acids is 1. The molecule has 0 aliphatic rings. The van der Waals surface area contributed by atoms with Crippen LogP contribution in [0.3, 0.4) is 0 Å². The van der Waals surface area contributed by atoms with E-state index < -0.39 is 12.1 Å². The van der Waals surface area contributed by atoms with E-state index in [4.69, 9.17) is 9.84 Å². The summed E-state index contributed by atoms with van der Waals surface area (Å²) in [6, 6.07) is 9.01. The van der Waals surface area contributed by atoms with Crippen molar-refractivity contribution in [1.82, 2.24) is 9.78 Å². The van der Waals surface area contributed by atoms with Crippen LogP contribution in [0, 0.1) is 6.92 Å². The first-order valence-corrected chi connectivity index (χ1v) is 7.28. The fraction of sp³-hybridized carbons (Fsp3) is 0.312. The van der Waals surface area contributed by atoms with E-state index in [0.717, 1.165) is 5.56 Å². The SMILES string of the molecule is CCC(Oc1ccccc1C)C(=O)Nc1ccn(CC(=O)O)n1. The number of rotatable bonds is 7. The molecule has 1 aromatic heterocycles. The van der Waals surface area contributed by atoms with Crippen molar-refractivity contribution in [2.45, 2.75) is 32.9 Å². The minimum atomic E-state index is -1.000. The number of amides is 1. The number of aryl methyl sites for hydroxylation is 1. The fourth-order valence-electron chi connectivity index (χ4n) is 2.03. The van der Waals surface area contributed by atoms with Crippen molar-refractivity contribution in [3.8, 4) is 5.75 Å². The molecule has 1 atom stereocenters. The van der Waals surface area contributed by atoms with Crippen molar-refractivity contribution >= 4 is 17.7 Å². The number of nitrogens with zero attached hydrogens (tertiary/aromatic N) is 2. The van der Waals surface area contributed by atoms with Gasteiger partial charge in [-0.25, -0.2) is 0 Å². The van der Waals surface area contributed by atoms with Gasteiger partial charge in [0.05, 0.1) is 0 Å². The van der Waals surface area contributed by atoms with Crippen molar-refractivity contribution in [3.05, 3.63) is 42.1 Å². The van der Waals surface area contributed by atoms with Crippen LogP contribution in [-0.4, -0.2) is 32.9 Å². The summed E-state index contributed by atoms with van der Waals surface area (Å²) in [6.45, 7) is 3.51. The number of hydrogen-bond acceptors (Lipinski definition) is 4. The number of carboxylic acid groups (broad SMARTS) is 1. The predicted molar refractivity (Wildman–Crippen MR) is 84.4 cm³/mol. The van der Waals surface area contributed by atoms with Gasteiger partial charge in [-0.05, 0) is 25.0 Å². The van der Waals surface area contributed by atoms with Crippen molar-refractivity contribution in [2.75, 3.05) is 5.32 Å². The van der Waals surface area contributed by atoms with Crippen molar-refractivity contribution in [2.24, 2.45) is 0 Å². The summed E-state index contributed by atoms with van der Waals surface area (Å²) in [5, 5.41) is 15.3. The minimum absolute atomic E-state index is 0.257. The molecule has 0 fully saturated rings. The Bertz CT molecular complexity index is 696. The van der Waals surface area contributed by atoms with Gasteiger partial charge in [-0.15, -0.1) is 0 Å². The largest absolute Gasteiger partial charge is 0.480 e. The maximum absolute atomic E-state index is 12.3. The molecule has 0 aliphatic heterocycles. The van der Waals surface area contributed by atoms with E-state index in [0.29, 0.717) is 18.0 Å². The smallest absolute Gasteiger partial charge is 0.325 e. The summed E-state index contributed by atoms with van der Waals surface area (Å²) in [5.74, 6) is -0.370. The Kier molecular flexibility index (Phi) is 5.35. The third kappa shape index (κ3) is 4.57. The second-order valence-electron chi connectivity index (χ2n) is 5.06. The summed E-state index contributed by atoms with van der Waals surface area (Å²) in [4.78, 5) is 22.9. The first kappa shape index (κ1) is 16.5. The van der Waals surface area contributed by atoms with Crippen LogP contribution in [-0.2, 0) is 16.1 Å². The molecule has 1 amide bonds. The molecular formula is C16H19N3O4. The quantitative estimate of drug-likeness (QED) is 0.815. The highest BCUT2D eigenvalue weighted by atomic mass is 16.5. The number of nitrogens with one attached hydrogen (secondary N) is 1. The molecule has 0 bridgehead atoms. The summed E-state index contributed by atoms with van der Waals surface area (Å²) in [6.07, 6.45) is 1.34. The van der Waals surface area contributed by atoms with Gasteiger partial charge in [-0.2, -0.15) is 5.10 Å². The first-order valence-electron chi connectivity index (χ1n) is 7.28. The van der Waals surface area contributed by atoms with Gasteiger partial charge in [0.2, 0.25) is 0 Å². The average Bonchev–Trinajstić information content (AvgIpc) is 2.92. The lowest BCUT2D eigenvalue weighted by molar-refractivity contribution is -0.137. The molecule has 0 saturated heterocycles. The van der Waals surface area contributed by atoms with Gasteiger partial charge in [0.1, 0.15) is 12.3 Å². The topological polar surface area (TPSA) is 93.5 Å². The summed E-state index contributed by atoms with van der Waals surface area (Å²) < 4.78 is 7.00. The number of benzene rings is 1. The van der Waals surface area contributed by atoms with Gasteiger partial charge in [0.25, 0.3) is 5.91 Å². The van der Waals surface area contributed by atoms with Gasteiger partial charge < -0.3 is 15.2 Å². The zero-order chi connectivity index (χ0) is 16.8. The Morgan fingerprint density at radius 2 is 2.09 bits per heavy atom. The van der Waals surface area contributed by atoms with Crippen LogP contribution < -0.4 is 10.1 Å². The Hall–Kier alpha value is -2.83. The molecular weight excluding hydrogens is 298 g/mol. The number of anilines is 1. The Morgan fingerprint density at radius 3 is 2.74 bits per heavy atom. The lowest BCUT2D eigenvalue weighted by Crippen LogP contribution is -2.32. The number of carbonyl (C=O) groups is 2. The predicted octanol–water partition coefficient (Wildman–Crippen LogP) is 2.07. The number of aromatic nitrogens is 2. The van der Waals surface area contributed by atoms with Crippen LogP contribution >= 0.6 is 0 Å². The summed E-state index contributed by atoms with van der Waals surface area (Å²) >= 11 is 0. The van der Waals surface area contributed by atoms with Crippen LogP contribution in [0.15, 0.2) is 36.5 Å². The molecule has 0 radical (unpaired) electrons. The van der Waals surface area contributed by atoms with Crippen LogP contribution in [0.4, 0.5) is 5.82 Å². The highest BCUT2D eigenvalue weighted by Crippen LogP contribution is 2.19. The lowest BCUT2D eigenvalue weighted by atomic mass is 10.2. The zero-order valence-electron chi connectivity index (χ0n) is 13.0. The Labute approximate surface area is 133 Å². The Balaban J connectivity index is 2.01. The molecule has 23 heavy (non-hydrogen) atoms. The molecule has 1 unspecified atom stereocenters. The van der Waals surface area contributed by atoms with Crippen molar-refractivity contribution in [3.63, 3.8) is 0 Å². The number of para-hydroxylation sites is 1. The summed E-state index contributed by atoms with van der Waals surface area (Å²) in [7, 11) is 0. The van der Waals surface area contributed by atoms with Gasteiger partial charge in [0, 0.05) is 12.3 Å². The highest BCUT2D eigenvalue weighted by molar-refractivity contribution is 5.93. The highest BCUT2D eigenvalue weighted by Gasteiger charge is 2.20. The van der Waals surface area contributed by atoms with Gasteiger partial charge in [-0.1, -0.05) is 25.1 Å². The molecule has 0 aliphatic carbocycles. The second-order valence-corrected chi connectivity index (χ2v) is 5.06. The van der Waals surface area contributed by atoms with Crippen LogP contribution in [0.25, 0.3) is 0 Å². The van der Waals surface area contributed by atoms with Crippen LogP contribution in [0.1, 0.15) is 18.9 Å². The molecule has 2 N–H and O–H groups in total. The first-order chi connectivity index (χ1) is 11.0. The zero-order valence-corrected chi connectivity index (χ0v) is 13.0. The van der Waals surface area contributed by atoms with Gasteiger partial charge >= 0.3 is 5.97 Å². The molecule has 2 rings (SSSR count). The molecule has 1 heterocycles.